The third-order valence-corrected chi connectivity index (χ3v) is 5.50. The molecule has 0 spiro atoms. The summed E-state index contributed by atoms with van der Waals surface area (Å²) in [7, 11) is 1.74. The number of piperazine rings is 1. The maximum atomic E-state index is 5.58. The number of rotatable bonds is 4. The van der Waals surface area contributed by atoms with Crippen LogP contribution in [0.1, 0.15) is 24.4 Å². The highest BCUT2D eigenvalue weighted by molar-refractivity contribution is 9.10. The SMILES string of the molecule is COc1ccc(Br)c([C@@H](C2CCOCC2)N2CCNCC2)c1. The Morgan fingerprint density at radius 2 is 2.00 bits per heavy atom. The highest BCUT2D eigenvalue weighted by Gasteiger charge is 2.32. The minimum Gasteiger partial charge on any atom is -0.497 e. The van der Waals surface area contributed by atoms with Crippen LogP contribution in [0, 0.1) is 5.92 Å². The Morgan fingerprint density at radius 3 is 2.68 bits per heavy atom. The minimum absolute atomic E-state index is 0.440. The molecule has 5 heteroatoms. The zero-order chi connectivity index (χ0) is 15.4. The van der Waals surface area contributed by atoms with Crippen molar-refractivity contribution in [2.75, 3.05) is 46.5 Å². The van der Waals surface area contributed by atoms with Gasteiger partial charge in [-0.2, -0.15) is 0 Å². The molecule has 1 aromatic rings. The van der Waals surface area contributed by atoms with Crippen LogP contribution in [0.25, 0.3) is 0 Å². The van der Waals surface area contributed by atoms with Crippen LogP contribution >= 0.6 is 15.9 Å². The van der Waals surface area contributed by atoms with Crippen molar-refractivity contribution in [3.05, 3.63) is 28.2 Å². The molecule has 0 unspecified atom stereocenters. The number of hydrogen-bond acceptors (Lipinski definition) is 4. The average Bonchev–Trinajstić information content (AvgIpc) is 2.59. The molecule has 0 saturated carbocycles. The van der Waals surface area contributed by atoms with Crippen molar-refractivity contribution >= 4 is 15.9 Å². The van der Waals surface area contributed by atoms with E-state index in [1.807, 2.05) is 6.07 Å². The zero-order valence-corrected chi connectivity index (χ0v) is 14.8. The Bertz CT molecular complexity index is 468. The summed E-state index contributed by atoms with van der Waals surface area (Å²) >= 11 is 3.76. The second-order valence-electron chi connectivity index (χ2n) is 6.07. The molecule has 2 heterocycles. The lowest BCUT2D eigenvalue weighted by Crippen LogP contribution is -2.47. The van der Waals surface area contributed by atoms with Crippen LogP contribution in [0.4, 0.5) is 0 Å². The van der Waals surface area contributed by atoms with Gasteiger partial charge >= 0.3 is 0 Å². The fraction of sp³-hybridized carbons (Fsp3) is 0.647. The van der Waals surface area contributed by atoms with Crippen LogP contribution in [0.5, 0.6) is 5.75 Å². The van der Waals surface area contributed by atoms with Gasteiger partial charge in [-0.15, -0.1) is 0 Å². The first-order chi connectivity index (χ1) is 10.8. The van der Waals surface area contributed by atoms with Crippen molar-refractivity contribution in [3.63, 3.8) is 0 Å². The molecule has 1 aromatic carbocycles. The molecule has 4 nitrogen and oxygen atoms in total. The molecule has 0 aliphatic carbocycles. The van der Waals surface area contributed by atoms with E-state index in [9.17, 15) is 0 Å². The van der Waals surface area contributed by atoms with Crippen molar-refractivity contribution in [3.8, 4) is 5.75 Å². The summed E-state index contributed by atoms with van der Waals surface area (Å²) in [5.41, 5.74) is 1.35. The molecule has 0 amide bonds. The number of benzene rings is 1. The van der Waals surface area contributed by atoms with Crippen molar-refractivity contribution in [2.24, 2.45) is 5.92 Å². The van der Waals surface area contributed by atoms with Crippen molar-refractivity contribution < 1.29 is 9.47 Å². The van der Waals surface area contributed by atoms with Crippen LogP contribution in [-0.2, 0) is 4.74 Å². The highest BCUT2D eigenvalue weighted by atomic mass is 79.9. The number of ether oxygens (including phenoxy) is 2. The van der Waals surface area contributed by atoms with Gasteiger partial charge in [0, 0.05) is 49.9 Å². The first kappa shape index (κ1) is 16.2. The molecule has 2 fully saturated rings. The molecule has 1 atom stereocenters. The molecule has 2 saturated heterocycles. The molecular formula is C17H25BrN2O2. The van der Waals surface area contributed by atoms with Crippen LogP contribution < -0.4 is 10.1 Å². The number of hydrogen-bond donors (Lipinski definition) is 1. The van der Waals surface area contributed by atoms with Gasteiger partial charge in [0.15, 0.2) is 0 Å². The summed E-state index contributed by atoms with van der Waals surface area (Å²) in [6.45, 7) is 6.11. The maximum absolute atomic E-state index is 5.58. The molecular weight excluding hydrogens is 344 g/mol. The first-order valence-corrected chi connectivity index (χ1v) is 8.95. The second-order valence-corrected chi connectivity index (χ2v) is 6.92. The van der Waals surface area contributed by atoms with Crippen LogP contribution in [0.3, 0.4) is 0 Å². The number of nitrogens with zero attached hydrogens (tertiary/aromatic N) is 1. The number of halogens is 1. The van der Waals surface area contributed by atoms with Gasteiger partial charge in [-0.1, -0.05) is 15.9 Å². The topological polar surface area (TPSA) is 33.7 Å². The molecule has 2 aliphatic rings. The van der Waals surface area contributed by atoms with Gasteiger partial charge in [0.05, 0.1) is 7.11 Å². The summed E-state index contributed by atoms with van der Waals surface area (Å²) in [6.07, 6.45) is 2.27. The molecule has 0 radical (unpaired) electrons. The first-order valence-electron chi connectivity index (χ1n) is 8.15. The van der Waals surface area contributed by atoms with E-state index in [-0.39, 0.29) is 0 Å². The van der Waals surface area contributed by atoms with E-state index in [2.05, 4.69) is 38.3 Å². The maximum Gasteiger partial charge on any atom is 0.119 e. The van der Waals surface area contributed by atoms with E-state index < -0.39 is 0 Å². The Labute approximate surface area is 141 Å². The Morgan fingerprint density at radius 1 is 1.27 bits per heavy atom. The van der Waals surface area contributed by atoms with E-state index >= 15 is 0 Å². The van der Waals surface area contributed by atoms with Gasteiger partial charge < -0.3 is 14.8 Å². The number of nitrogens with one attached hydrogen (secondary N) is 1. The fourth-order valence-electron chi connectivity index (χ4n) is 3.62. The van der Waals surface area contributed by atoms with Gasteiger partial charge in [0.1, 0.15) is 5.75 Å². The second kappa shape index (κ2) is 7.77. The fourth-order valence-corrected chi connectivity index (χ4v) is 4.10. The Kier molecular flexibility index (Phi) is 5.74. The molecule has 0 aromatic heterocycles. The summed E-state index contributed by atoms with van der Waals surface area (Å²) in [6, 6.07) is 6.77. The molecule has 2 aliphatic heterocycles. The molecule has 22 heavy (non-hydrogen) atoms. The third-order valence-electron chi connectivity index (χ3n) is 4.78. The van der Waals surface area contributed by atoms with E-state index in [1.165, 1.54) is 10.0 Å². The van der Waals surface area contributed by atoms with E-state index in [0.717, 1.165) is 58.0 Å². The van der Waals surface area contributed by atoms with E-state index in [0.29, 0.717) is 12.0 Å². The summed E-state index contributed by atoms with van der Waals surface area (Å²) in [5.74, 6) is 1.58. The standard InChI is InChI=1S/C17H25BrN2O2/c1-21-14-2-3-16(18)15(12-14)17(13-4-10-22-11-5-13)20-8-6-19-7-9-20/h2-3,12-13,17,19H,4-11H2,1H3/t17-/m1/s1. The lowest BCUT2D eigenvalue weighted by molar-refractivity contribution is 0.0210. The monoisotopic (exact) mass is 368 g/mol. The highest BCUT2D eigenvalue weighted by Crippen LogP contribution is 2.39. The largest absolute Gasteiger partial charge is 0.497 e. The van der Waals surface area contributed by atoms with Gasteiger partial charge in [-0.05, 0) is 42.5 Å². The summed E-state index contributed by atoms with van der Waals surface area (Å²) in [5, 5.41) is 3.46. The van der Waals surface area contributed by atoms with Crippen molar-refractivity contribution in [1.82, 2.24) is 10.2 Å². The van der Waals surface area contributed by atoms with Crippen molar-refractivity contribution in [2.45, 2.75) is 18.9 Å². The molecule has 1 N–H and O–H groups in total. The summed E-state index contributed by atoms with van der Waals surface area (Å²) < 4.78 is 12.2. The predicted molar refractivity (Wildman–Crippen MR) is 91.4 cm³/mol. The average molecular weight is 369 g/mol. The number of methoxy groups -OCH3 is 1. The molecule has 122 valence electrons. The van der Waals surface area contributed by atoms with Crippen molar-refractivity contribution in [1.29, 1.82) is 0 Å². The Hall–Kier alpha value is -0.620. The van der Waals surface area contributed by atoms with Gasteiger partial charge in [0.2, 0.25) is 0 Å². The molecule has 3 rings (SSSR count). The van der Waals surface area contributed by atoms with Crippen LogP contribution in [-0.4, -0.2) is 51.4 Å². The van der Waals surface area contributed by atoms with Crippen LogP contribution in [0.15, 0.2) is 22.7 Å². The van der Waals surface area contributed by atoms with Crippen LogP contribution in [0.2, 0.25) is 0 Å². The molecule has 0 bridgehead atoms. The predicted octanol–water partition coefficient (Wildman–Crippen LogP) is 2.83. The van der Waals surface area contributed by atoms with Gasteiger partial charge in [-0.3, -0.25) is 4.90 Å². The van der Waals surface area contributed by atoms with Gasteiger partial charge in [-0.25, -0.2) is 0 Å². The zero-order valence-electron chi connectivity index (χ0n) is 13.2. The lowest BCUT2D eigenvalue weighted by atomic mass is 9.85. The van der Waals surface area contributed by atoms with E-state index in [1.54, 1.807) is 7.11 Å². The smallest absolute Gasteiger partial charge is 0.119 e. The Balaban J connectivity index is 1.92. The van der Waals surface area contributed by atoms with E-state index in [4.69, 9.17) is 9.47 Å². The minimum atomic E-state index is 0.440. The van der Waals surface area contributed by atoms with Gasteiger partial charge in [0.25, 0.3) is 0 Å². The lowest BCUT2D eigenvalue weighted by Gasteiger charge is -2.41. The summed E-state index contributed by atoms with van der Waals surface area (Å²) in [4.78, 5) is 2.63. The normalized spacial score (nSPS) is 22.5. The third kappa shape index (κ3) is 3.65. The quantitative estimate of drug-likeness (QED) is 0.885.